The fourth-order valence-electron chi connectivity index (χ4n) is 7.73. The summed E-state index contributed by atoms with van der Waals surface area (Å²) in [7, 11) is -2.92. The Labute approximate surface area is 403 Å². The summed E-state index contributed by atoms with van der Waals surface area (Å²) >= 11 is 0. The smallest absolute Gasteiger partial charge is 0.373 e. The molecule has 2 aliphatic rings. The second-order valence-electron chi connectivity index (χ2n) is 18.8. The number of likely N-dealkylation sites (tertiary alicyclic amines) is 1. The normalized spacial score (nSPS) is 19.0. The van der Waals surface area contributed by atoms with Gasteiger partial charge in [0.15, 0.2) is 11.6 Å². The van der Waals surface area contributed by atoms with Crippen LogP contribution in [0, 0.1) is 17.8 Å². The van der Waals surface area contributed by atoms with Crippen LogP contribution in [0.4, 0.5) is 0 Å². The van der Waals surface area contributed by atoms with Gasteiger partial charge < -0.3 is 30.3 Å². The molecule has 68 heavy (non-hydrogen) atoms. The lowest BCUT2D eigenvalue weighted by Gasteiger charge is -2.30. The molecular formula is C50H76N5O12P. The molecule has 378 valence electrons. The van der Waals surface area contributed by atoms with Crippen molar-refractivity contribution in [1.29, 1.82) is 0 Å². The van der Waals surface area contributed by atoms with Gasteiger partial charge in [-0.3, -0.25) is 47.3 Å². The maximum absolute atomic E-state index is 14.5. The van der Waals surface area contributed by atoms with Crippen molar-refractivity contribution in [3.05, 3.63) is 73.0 Å². The van der Waals surface area contributed by atoms with Crippen molar-refractivity contribution >= 4 is 49.2 Å². The third-order valence-corrected chi connectivity index (χ3v) is 12.9. The number of carbonyl (C=O) groups excluding carboxylic acids is 6. The van der Waals surface area contributed by atoms with Crippen LogP contribution < -0.4 is 16.0 Å². The number of carbonyl (C=O) groups is 6. The topological polar surface area (TPSA) is 217 Å². The Kier molecular flexibility index (Phi) is 24.4. The number of Topliss-reactive ketones (excluding diaryl/α,β-unsaturated/α-hetero) is 2. The fraction of sp³-hybridized carbons (Fsp3) is 0.620. The predicted molar refractivity (Wildman–Crippen MR) is 260 cm³/mol. The summed E-state index contributed by atoms with van der Waals surface area (Å²) in [5, 5.41) is 8.29. The number of hydrogen-bond acceptors (Lipinski definition) is 13. The Morgan fingerprint density at radius 1 is 0.941 bits per heavy atom. The molecule has 1 saturated heterocycles. The molecule has 1 unspecified atom stereocenters. The molecule has 0 aromatic heterocycles. The summed E-state index contributed by atoms with van der Waals surface area (Å²) in [6.07, 6.45) is 7.41. The first-order valence-corrected chi connectivity index (χ1v) is 25.1. The molecule has 2 heterocycles. The molecule has 0 spiro atoms. The van der Waals surface area contributed by atoms with Gasteiger partial charge in [0.1, 0.15) is 12.1 Å². The van der Waals surface area contributed by atoms with Gasteiger partial charge in [-0.15, -0.1) is 13.2 Å². The summed E-state index contributed by atoms with van der Waals surface area (Å²) in [6.45, 7) is 19.6. The van der Waals surface area contributed by atoms with Gasteiger partial charge in [-0.2, -0.15) is 0 Å². The molecule has 8 atom stereocenters. The third-order valence-electron chi connectivity index (χ3n) is 11.4. The molecular weight excluding hydrogens is 894 g/mol. The lowest BCUT2D eigenvalue weighted by Crippen LogP contribution is -2.52. The maximum Gasteiger partial charge on any atom is 0.475 e. The van der Waals surface area contributed by atoms with Gasteiger partial charge >= 0.3 is 7.82 Å². The molecule has 18 heteroatoms. The van der Waals surface area contributed by atoms with Gasteiger partial charge in [-0.1, -0.05) is 56.3 Å². The number of unbranched alkanes of at least 4 members (excludes halogenated alkanes) is 2. The van der Waals surface area contributed by atoms with Crippen LogP contribution in [-0.4, -0.2) is 116 Å². The van der Waals surface area contributed by atoms with E-state index in [2.05, 4.69) is 34.1 Å². The van der Waals surface area contributed by atoms with Crippen molar-refractivity contribution in [2.45, 2.75) is 149 Å². The SMILES string of the molecule is C=CCCCCOP(=O)(OCc1ccccc1)O[C@H](C)[C@H](CC(=O)[C@H](COC(C)(C)C)NC(=O)[C@@H](CC(=O)[C@H](CC(C)C)NC(=O)[C@@H]1C[C@@H](OCC=C)CN1C(C)=O)CC1=CN=CC1)C(=O)NC. The van der Waals surface area contributed by atoms with Crippen molar-refractivity contribution in [3.63, 3.8) is 0 Å². The average molecular weight is 970 g/mol. The van der Waals surface area contributed by atoms with Crippen LogP contribution in [0.1, 0.15) is 112 Å². The number of benzene rings is 1. The number of phosphoric ester groups is 1. The fourth-order valence-corrected chi connectivity index (χ4v) is 9.14. The predicted octanol–water partition coefficient (Wildman–Crippen LogP) is 6.76. The van der Waals surface area contributed by atoms with Gasteiger partial charge in [0.25, 0.3) is 0 Å². The number of nitrogens with zero attached hydrogens (tertiary/aromatic N) is 2. The van der Waals surface area contributed by atoms with E-state index in [9.17, 15) is 33.3 Å². The largest absolute Gasteiger partial charge is 0.475 e. The maximum atomic E-state index is 14.5. The number of aliphatic imine (C=N–C) groups is 1. The summed E-state index contributed by atoms with van der Waals surface area (Å²) in [6, 6.07) is 5.87. The summed E-state index contributed by atoms with van der Waals surface area (Å²) < 4.78 is 43.5. The van der Waals surface area contributed by atoms with Crippen molar-refractivity contribution in [2.24, 2.45) is 22.7 Å². The molecule has 17 nitrogen and oxygen atoms in total. The van der Waals surface area contributed by atoms with E-state index in [0.717, 1.165) is 18.4 Å². The van der Waals surface area contributed by atoms with Gasteiger partial charge in [0, 0.05) is 64.5 Å². The number of hydrogen-bond donors (Lipinski definition) is 3. The molecule has 1 fully saturated rings. The quantitative estimate of drug-likeness (QED) is 0.0388. The molecule has 2 aliphatic heterocycles. The van der Waals surface area contributed by atoms with Crippen LogP contribution in [0.25, 0.3) is 0 Å². The minimum absolute atomic E-state index is 0.0342. The van der Waals surface area contributed by atoms with Crippen LogP contribution in [0.3, 0.4) is 0 Å². The highest BCUT2D eigenvalue weighted by Crippen LogP contribution is 2.52. The van der Waals surface area contributed by atoms with E-state index < -0.39 is 85.2 Å². The Morgan fingerprint density at radius 2 is 1.65 bits per heavy atom. The monoisotopic (exact) mass is 970 g/mol. The highest BCUT2D eigenvalue weighted by atomic mass is 31.2. The Hall–Kier alpha value is -4.64. The van der Waals surface area contributed by atoms with E-state index in [1.165, 1.54) is 25.8 Å². The van der Waals surface area contributed by atoms with Gasteiger partial charge in [-0.05, 0) is 76.9 Å². The zero-order valence-corrected chi connectivity index (χ0v) is 42.3. The lowest BCUT2D eigenvalue weighted by atomic mass is 9.88. The number of allylic oxidation sites excluding steroid dienone is 2. The van der Waals surface area contributed by atoms with Crippen LogP contribution >= 0.6 is 7.82 Å². The zero-order chi connectivity index (χ0) is 50.4. The molecule has 0 bridgehead atoms. The molecule has 1 aromatic carbocycles. The third kappa shape index (κ3) is 20.1. The van der Waals surface area contributed by atoms with E-state index in [4.69, 9.17) is 23.0 Å². The number of ether oxygens (including phenoxy) is 2. The minimum Gasteiger partial charge on any atom is -0.373 e. The van der Waals surface area contributed by atoms with Crippen LogP contribution in [0.5, 0.6) is 0 Å². The van der Waals surface area contributed by atoms with E-state index in [1.54, 1.807) is 69.6 Å². The average Bonchev–Trinajstić information content (AvgIpc) is 3.98. The van der Waals surface area contributed by atoms with E-state index in [-0.39, 0.29) is 76.6 Å². The Balaban J connectivity index is 1.88. The molecule has 0 aliphatic carbocycles. The van der Waals surface area contributed by atoms with Crippen LogP contribution in [0.2, 0.25) is 0 Å². The number of amides is 4. The minimum atomic E-state index is -4.32. The first-order chi connectivity index (χ1) is 32.2. The number of ketones is 2. The first-order valence-electron chi connectivity index (χ1n) is 23.6. The van der Waals surface area contributed by atoms with Crippen molar-refractivity contribution in [3.8, 4) is 0 Å². The second kappa shape index (κ2) is 28.8. The molecule has 4 amide bonds. The van der Waals surface area contributed by atoms with Crippen LogP contribution in [0.15, 0.2) is 72.4 Å². The molecule has 0 saturated carbocycles. The van der Waals surface area contributed by atoms with E-state index >= 15 is 0 Å². The Bertz CT molecular complexity index is 1970. The number of nitrogens with one attached hydrogen (secondary N) is 3. The lowest BCUT2D eigenvalue weighted by molar-refractivity contribution is -0.139. The summed E-state index contributed by atoms with van der Waals surface area (Å²) in [4.78, 5) is 88.9. The molecule has 0 radical (unpaired) electrons. The molecule has 1 aromatic rings. The van der Waals surface area contributed by atoms with Gasteiger partial charge in [-0.25, -0.2) is 4.57 Å². The second-order valence-corrected chi connectivity index (χ2v) is 20.4. The number of rotatable bonds is 32. The first kappa shape index (κ1) is 57.7. The van der Waals surface area contributed by atoms with Crippen molar-refractivity contribution in [1.82, 2.24) is 20.9 Å². The zero-order valence-electron chi connectivity index (χ0n) is 41.4. The van der Waals surface area contributed by atoms with Gasteiger partial charge in [0.2, 0.25) is 23.6 Å². The highest BCUT2D eigenvalue weighted by Gasteiger charge is 2.42. The van der Waals surface area contributed by atoms with Crippen molar-refractivity contribution < 1.29 is 56.4 Å². The molecule has 3 N–H and O–H groups in total. The van der Waals surface area contributed by atoms with Crippen LogP contribution in [-0.2, 0) is 63.0 Å². The summed E-state index contributed by atoms with van der Waals surface area (Å²) in [5.41, 5.74) is 0.752. The Morgan fingerprint density at radius 3 is 2.25 bits per heavy atom. The van der Waals surface area contributed by atoms with E-state index in [1.807, 2.05) is 19.9 Å². The summed E-state index contributed by atoms with van der Waals surface area (Å²) in [5.74, 6) is -5.27. The van der Waals surface area contributed by atoms with Crippen molar-refractivity contribution in [2.75, 3.05) is 33.4 Å². The van der Waals surface area contributed by atoms with Gasteiger partial charge in [0.05, 0.1) is 56.2 Å². The molecule has 3 rings (SSSR count). The highest BCUT2D eigenvalue weighted by molar-refractivity contribution is 7.48. The van der Waals surface area contributed by atoms with E-state index in [0.29, 0.717) is 18.4 Å². The number of phosphoric acid groups is 1. The standard InChI is InChI=1S/C50H76N5O12P/c1-11-13-14-18-24-65-68(62,66-32-37-19-16-15-17-20-37)67-35(5)41(48(60)51-10)29-46(58)43(33-64-50(7,8)9)54-47(59)39(26-38-21-22-52-30-38)27-45(57)42(25-34(3)4)53-49(61)44-28-40(63-23-12-2)31-55(44)36(6)56/h11-12,15-17,19-20,22,30,34-35,39-44H,1-2,13-14,18,21,23-29,31-33H2,3-10H3,(H,51,60)(H,53,61)(H,54,59)/t35-,39-,40-,41+,42+,43+,44+,68?/m1/s1.